The SMILES string of the molecule is CC.Cc1cccc(Nc2cc(NC(=O)C(O)CN)ccc2C=N)c1. The Morgan fingerprint density at radius 2 is 1.96 bits per heavy atom. The second kappa shape index (κ2) is 10.2. The van der Waals surface area contributed by atoms with Gasteiger partial charge in [-0.3, -0.25) is 4.79 Å². The van der Waals surface area contributed by atoms with Gasteiger partial charge >= 0.3 is 0 Å². The molecule has 0 saturated carbocycles. The third-order valence-corrected chi connectivity index (χ3v) is 3.30. The van der Waals surface area contributed by atoms with E-state index in [2.05, 4.69) is 10.6 Å². The van der Waals surface area contributed by atoms with E-state index in [4.69, 9.17) is 11.1 Å². The summed E-state index contributed by atoms with van der Waals surface area (Å²) < 4.78 is 0. The Bertz CT molecular complexity index is 716. The quantitative estimate of drug-likeness (QED) is 0.520. The lowest BCUT2D eigenvalue weighted by atomic mass is 10.1. The highest BCUT2D eigenvalue weighted by Gasteiger charge is 2.13. The summed E-state index contributed by atoms with van der Waals surface area (Å²) in [5, 5.41) is 22.8. The standard InChI is InChI=1S/C17H20N4O2.C2H6/c1-11-3-2-4-13(7-11)20-15-8-14(6-5-12(15)9-18)21-17(23)16(22)10-19;1-2/h2-9,16,18,20,22H,10,19H2,1H3,(H,21,23);1-2H3. The Hall–Kier alpha value is -2.70. The molecule has 0 bridgehead atoms. The summed E-state index contributed by atoms with van der Waals surface area (Å²) in [4.78, 5) is 11.7. The highest BCUT2D eigenvalue weighted by atomic mass is 16.3. The van der Waals surface area contributed by atoms with Crippen molar-refractivity contribution in [3.8, 4) is 0 Å². The van der Waals surface area contributed by atoms with Crippen LogP contribution in [-0.2, 0) is 4.79 Å². The smallest absolute Gasteiger partial charge is 0.254 e. The van der Waals surface area contributed by atoms with Gasteiger partial charge in [-0.05, 0) is 42.8 Å². The molecule has 6 nitrogen and oxygen atoms in total. The molecular formula is C19H26N4O2. The minimum absolute atomic E-state index is 0.140. The first kappa shape index (κ1) is 20.3. The second-order valence-electron chi connectivity index (χ2n) is 5.18. The zero-order valence-corrected chi connectivity index (χ0v) is 14.8. The number of amides is 1. The maximum absolute atomic E-state index is 11.7. The Kier molecular flexibility index (Phi) is 8.32. The molecule has 1 unspecified atom stereocenters. The number of aryl methyl sites for hydroxylation is 1. The number of nitrogens with one attached hydrogen (secondary N) is 3. The van der Waals surface area contributed by atoms with Crippen molar-refractivity contribution in [3.63, 3.8) is 0 Å². The van der Waals surface area contributed by atoms with E-state index in [0.29, 0.717) is 16.9 Å². The number of anilines is 3. The lowest BCUT2D eigenvalue weighted by molar-refractivity contribution is -0.123. The van der Waals surface area contributed by atoms with Crippen LogP contribution in [0.25, 0.3) is 0 Å². The Labute approximate surface area is 148 Å². The molecule has 0 heterocycles. The molecule has 25 heavy (non-hydrogen) atoms. The molecule has 1 atom stereocenters. The van der Waals surface area contributed by atoms with Crippen molar-refractivity contribution < 1.29 is 9.90 Å². The second-order valence-corrected chi connectivity index (χ2v) is 5.18. The lowest BCUT2D eigenvalue weighted by Gasteiger charge is -2.14. The molecule has 0 aliphatic rings. The highest BCUT2D eigenvalue weighted by molar-refractivity contribution is 5.96. The van der Waals surface area contributed by atoms with Crippen LogP contribution in [0.1, 0.15) is 25.0 Å². The molecule has 6 heteroatoms. The van der Waals surface area contributed by atoms with Gasteiger partial charge in [-0.25, -0.2) is 0 Å². The average molecular weight is 342 g/mol. The number of aliphatic hydroxyl groups is 1. The van der Waals surface area contributed by atoms with Crippen LogP contribution in [-0.4, -0.2) is 29.9 Å². The Balaban J connectivity index is 0.00000151. The lowest BCUT2D eigenvalue weighted by Crippen LogP contribution is -2.34. The molecule has 0 aliphatic heterocycles. The molecule has 2 aromatic carbocycles. The molecule has 2 rings (SSSR count). The van der Waals surface area contributed by atoms with Crippen molar-refractivity contribution >= 4 is 29.2 Å². The molecule has 0 aliphatic carbocycles. The van der Waals surface area contributed by atoms with Gasteiger partial charge in [0.25, 0.3) is 5.91 Å². The largest absolute Gasteiger partial charge is 0.382 e. The van der Waals surface area contributed by atoms with Gasteiger partial charge < -0.3 is 26.9 Å². The predicted octanol–water partition coefficient (Wildman–Crippen LogP) is 3.02. The summed E-state index contributed by atoms with van der Waals surface area (Å²) in [7, 11) is 0. The van der Waals surface area contributed by atoms with E-state index in [9.17, 15) is 9.90 Å². The van der Waals surface area contributed by atoms with Gasteiger partial charge in [-0.1, -0.05) is 26.0 Å². The van der Waals surface area contributed by atoms with Crippen LogP contribution in [0.2, 0.25) is 0 Å². The third kappa shape index (κ3) is 6.02. The van der Waals surface area contributed by atoms with Crippen molar-refractivity contribution in [1.82, 2.24) is 0 Å². The van der Waals surface area contributed by atoms with Gasteiger partial charge in [-0.15, -0.1) is 0 Å². The number of aliphatic hydroxyl groups excluding tert-OH is 1. The summed E-state index contributed by atoms with van der Waals surface area (Å²) in [5.41, 5.74) is 9.15. The molecule has 134 valence electrons. The topological polar surface area (TPSA) is 111 Å². The molecule has 1 amide bonds. The van der Waals surface area contributed by atoms with Crippen molar-refractivity contribution in [2.45, 2.75) is 26.9 Å². The average Bonchev–Trinajstić information content (AvgIpc) is 2.63. The van der Waals surface area contributed by atoms with Gasteiger partial charge in [0.15, 0.2) is 0 Å². The summed E-state index contributed by atoms with van der Waals surface area (Å²) in [5.74, 6) is -0.559. The van der Waals surface area contributed by atoms with Crippen LogP contribution < -0.4 is 16.4 Å². The summed E-state index contributed by atoms with van der Waals surface area (Å²) in [6.07, 6.45) is -0.0102. The van der Waals surface area contributed by atoms with Crippen LogP contribution in [0.4, 0.5) is 17.1 Å². The van der Waals surface area contributed by atoms with Gasteiger partial charge in [-0.2, -0.15) is 0 Å². The van der Waals surface area contributed by atoms with E-state index in [1.807, 2.05) is 45.0 Å². The van der Waals surface area contributed by atoms with E-state index < -0.39 is 12.0 Å². The van der Waals surface area contributed by atoms with Crippen LogP contribution in [0, 0.1) is 12.3 Å². The molecule has 6 N–H and O–H groups in total. The van der Waals surface area contributed by atoms with Crippen molar-refractivity contribution in [2.75, 3.05) is 17.2 Å². The fourth-order valence-electron chi connectivity index (χ4n) is 2.08. The van der Waals surface area contributed by atoms with Crippen LogP contribution in [0.15, 0.2) is 42.5 Å². The first-order chi connectivity index (χ1) is 12.0. The first-order valence-electron chi connectivity index (χ1n) is 8.20. The number of carbonyl (C=O) groups is 1. The molecule has 0 saturated heterocycles. The van der Waals surface area contributed by atoms with E-state index in [1.54, 1.807) is 18.2 Å². The molecule has 0 spiro atoms. The fourth-order valence-corrected chi connectivity index (χ4v) is 2.08. The minimum atomic E-state index is -1.24. The van der Waals surface area contributed by atoms with Crippen LogP contribution in [0.5, 0.6) is 0 Å². The molecule has 2 aromatic rings. The molecular weight excluding hydrogens is 316 g/mol. The predicted molar refractivity (Wildman–Crippen MR) is 104 cm³/mol. The summed E-state index contributed by atoms with van der Waals surface area (Å²) >= 11 is 0. The van der Waals surface area contributed by atoms with E-state index in [1.165, 1.54) is 6.21 Å². The number of rotatable bonds is 6. The number of hydrogen-bond donors (Lipinski definition) is 5. The zero-order valence-electron chi connectivity index (χ0n) is 14.8. The van der Waals surface area contributed by atoms with Gasteiger partial charge in [0.05, 0.1) is 0 Å². The summed E-state index contributed by atoms with van der Waals surface area (Å²) in [6.45, 7) is 5.85. The highest BCUT2D eigenvalue weighted by Crippen LogP contribution is 2.24. The number of nitrogens with two attached hydrogens (primary N) is 1. The van der Waals surface area contributed by atoms with Crippen LogP contribution in [0.3, 0.4) is 0 Å². The molecule has 0 radical (unpaired) electrons. The first-order valence-corrected chi connectivity index (χ1v) is 8.20. The van der Waals surface area contributed by atoms with E-state index >= 15 is 0 Å². The Morgan fingerprint density at radius 3 is 2.56 bits per heavy atom. The number of benzene rings is 2. The minimum Gasteiger partial charge on any atom is -0.382 e. The van der Waals surface area contributed by atoms with Crippen molar-refractivity contribution in [2.24, 2.45) is 5.73 Å². The van der Waals surface area contributed by atoms with E-state index in [-0.39, 0.29) is 6.54 Å². The van der Waals surface area contributed by atoms with Gasteiger partial charge in [0, 0.05) is 35.4 Å². The van der Waals surface area contributed by atoms with Gasteiger partial charge in [0.1, 0.15) is 6.10 Å². The normalized spacial score (nSPS) is 10.9. The summed E-state index contributed by atoms with van der Waals surface area (Å²) in [6, 6.07) is 12.9. The zero-order chi connectivity index (χ0) is 18.8. The molecule has 0 aromatic heterocycles. The number of hydrogen-bond acceptors (Lipinski definition) is 5. The van der Waals surface area contributed by atoms with Crippen molar-refractivity contribution in [1.29, 1.82) is 5.41 Å². The Morgan fingerprint density at radius 1 is 1.24 bits per heavy atom. The van der Waals surface area contributed by atoms with Crippen molar-refractivity contribution in [3.05, 3.63) is 53.6 Å². The maximum atomic E-state index is 11.7. The fraction of sp³-hybridized carbons (Fsp3) is 0.263. The number of carbonyl (C=O) groups excluding carboxylic acids is 1. The van der Waals surface area contributed by atoms with Crippen LogP contribution >= 0.6 is 0 Å². The monoisotopic (exact) mass is 342 g/mol. The maximum Gasteiger partial charge on any atom is 0.254 e. The molecule has 0 fully saturated rings. The third-order valence-electron chi connectivity index (χ3n) is 3.30. The van der Waals surface area contributed by atoms with E-state index in [0.717, 1.165) is 11.3 Å². The van der Waals surface area contributed by atoms with Gasteiger partial charge in [0.2, 0.25) is 0 Å².